The topological polar surface area (TPSA) is 76.9 Å². The van der Waals surface area contributed by atoms with Crippen LogP contribution >= 0.6 is 0 Å². The Labute approximate surface area is 89.7 Å². The average Bonchev–Trinajstić information content (AvgIpc) is 2.23. The zero-order valence-corrected chi connectivity index (χ0v) is 9.88. The molecule has 0 bridgehead atoms. The molecule has 0 aliphatic rings. The van der Waals surface area contributed by atoms with E-state index in [-0.39, 0.29) is 11.4 Å². The molecule has 15 heavy (non-hydrogen) atoms. The first kappa shape index (κ1) is 11.6. The number of amidine groups is 1. The number of nitrogens with one attached hydrogen (secondary N) is 1. The van der Waals surface area contributed by atoms with Gasteiger partial charge in [-0.1, -0.05) is 0 Å². The molecule has 0 saturated heterocycles. The van der Waals surface area contributed by atoms with Crippen molar-refractivity contribution in [2.45, 2.75) is 33.3 Å². The third-order valence-corrected chi connectivity index (χ3v) is 1.84. The standard InChI is InChI=1S/C10H18N4O/c1-6-7(8(11)12)9(14(5)13-6)15-10(2,3)4/h1-5H3,(H3,11,12). The zero-order chi connectivity index (χ0) is 11.8. The first-order valence-electron chi connectivity index (χ1n) is 4.79. The molecule has 0 fully saturated rings. The van der Waals surface area contributed by atoms with Crippen molar-refractivity contribution in [2.75, 3.05) is 0 Å². The molecule has 0 atom stereocenters. The maximum Gasteiger partial charge on any atom is 0.223 e. The minimum atomic E-state index is -0.329. The summed E-state index contributed by atoms with van der Waals surface area (Å²) >= 11 is 0. The van der Waals surface area contributed by atoms with Crippen LogP contribution in [0, 0.1) is 12.3 Å². The fraction of sp³-hybridized carbons (Fsp3) is 0.600. The van der Waals surface area contributed by atoms with Gasteiger partial charge in [-0.2, -0.15) is 5.10 Å². The molecule has 0 radical (unpaired) electrons. The number of nitrogens with zero attached hydrogens (tertiary/aromatic N) is 2. The summed E-state index contributed by atoms with van der Waals surface area (Å²) in [5.74, 6) is 0.535. The Balaban J connectivity index is 3.21. The molecular formula is C10H18N4O. The van der Waals surface area contributed by atoms with E-state index in [0.29, 0.717) is 17.1 Å². The maximum atomic E-state index is 7.48. The van der Waals surface area contributed by atoms with Crippen LogP contribution < -0.4 is 10.5 Å². The highest BCUT2D eigenvalue weighted by Gasteiger charge is 2.22. The Morgan fingerprint density at radius 1 is 1.47 bits per heavy atom. The SMILES string of the molecule is Cc1nn(C)c(OC(C)(C)C)c1C(=N)N. The van der Waals surface area contributed by atoms with Gasteiger partial charge < -0.3 is 10.5 Å². The molecule has 1 aromatic heterocycles. The van der Waals surface area contributed by atoms with Crippen LogP contribution in [0.15, 0.2) is 0 Å². The highest BCUT2D eigenvalue weighted by atomic mass is 16.5. The molecule has 3 N–H and O–H groups in total. The zero-order valence-electron chi connectivity index (χ0n) is 9.88. The van der Waals surface area contributed by atoms with Crippen molar-refractivity contribution in [3.63, 3.8) is 0 Å². The second-order valence-corrected chi connectivity index (χ2v) is 4.52. The Morgan fingerprint density at radius 3 is 2.40 bits per heavy atom. The van der Waals surface area contributed by atoms with Crippen LogP contribution in [-0.2, 0) is 7.05 Å². The smallest absolute Gasteiger partial charge is 0.223 e. The van der Waals surface area contributed by atoms with Gasteiger partial charge in [0.15, 0.2) is 0 Å². The van der Waals surface area contributed by atoms with Gasteiger partial charge in [-0.3, -0.25) is 5.41 Å². The van der Waals surface area contributed by atoms with Crippen LogP contribution in [0.4, 0.5) is 0 Å². The molecule has 5 nitrogen and oxygen atoms in total. The van der Waals surface area contributed by atoms with E-state index in [9.17, 15) is 0 Å². The summed E-state index contributed by atoms with van der Waals surface area (Å²) in [4.78, 5) is 0. The lowest BCUT2D eigenvalue weighted by molar-refractivity contribution is 0.117. The van der Waals surface area contributed by atoms with Crippen molar-refractivity contribution in [3.8, 4) is 5.88 Å². The number of aryl methyl sites for hydroxylation is 2. The molecular weight excluding hydrogens is 192 g/mol. The Hall–Kier alpha value is -1.52. The minimum Gasteiger partial charge on any atom is -0.472 e. The van der Waals surface area contributed by atoms with Crippen molar-refractivity contribution in [1.29, 1.82) is 5.41 Å². The minimum absolute atomic E-state index is 0.0140. The predicted molar refractivity (Wildman–Crippen MR) is 59.3 cm³/mol. The molecule has 0 aromatic carbocycles. The Bertz CT molecular complexity index is 387. The van der Waals surface area contributed by atoms with Crippen LogP contribution in [-0.4, -0.2) is 21.2 Å². The Kier molecular flexibility index (Phi) is 2.75. The third kappa shape index (κ3) is 2.49. The molecule has 0 amide bonds. The molecule has 1 heterocycles. The van der Waals surface area contributed by atoms with Crippen LogP contribution in [0.2, 0.25) is 0 Å². The second kappa shape index (κ2) is 3.56. The van der Waals surface area contributed by atoms with Gasteiger partial charge in [-0.15, -0.1) is 0 Å². The first-order chi connectivity index (χ1) is 6.72. The van der Waals surface area contributed by atoms with Gasteiger partial charge in [-0.25, -0.2) is 4.68 Å². The predicted octanol–water partition coefficient (Wildman–Crippen LogP) is 1.19. The third-order valence-electron chi connectivity index (χ3n) is 1.84. The van der Waals surface area contributed by atoms with Crippen molar-refractivity contribution < 1.29 is 4.74 Å². The van der Waals surface area contributed by atoms with Crippen molar-refractivity contribution >= 4 is 5.84 Å². The highest BCUT2D eigenvalue weighted by molar-refractivity contribution is 5.98. The van der Waals surface area contributed by atoms with E-state index in [0.717, 1.165) is 0 Å². The largest absolute Gasteiger partial charge is 0.472 e. The van der Waals surface area contributed by atoms with E-state index in [1.54, 1.807) is 11.7 Å². The normalized spacial score (nSPS) is 11.5. The molecule has 0 unspecified atom stereocenters. The number of nitrogen functional groups attached to an aromatic ring is 1. The van der Waals surface area contributed by atoms with E-state index in [2.05, 4.69) is 5.10 Å². The molecule has 0 spiro atoms. The lowest BCUT2D eigenvalue weighted by atomic mass is 10.2. The van der Waals surface area contributed by atoms with Gasteiger partial charge in [-0.05, 0) is 27.7 Å². The summed E-state index contributed by atoms with van der Waals surface area (Å²) in [6, 6.07) is 0. The van der Waals surface area contributed by atoms with Crippen LogP contribution in [0.5, 0.6) is 5.88 Å². The van der Waals surface area contributed by atoms with Crippen molar-refractivity contribution in [3.05, 3.63) is 11.3 Å². The quantitative estimate of drug-likeness (QED) is 0.568. The van der Waals surface area contributed by atoms with Crippen LogP contribution in [0.3, 0.4) is 0 Å². The lowest BCUT2D eigenvalue weighted by Gasteiger charge is -2.21. The van der Waals surface area contributed by atoms with Gasteiger partial charge in [0.1, 0.15) is 17.0 Å². The molecule has 0 saturated carbocycles. The number of nitrogens with two attached hydrogens (primary N) is 1. The molecule has 1 rings (SSSR count). The summed E-state index contributed by atoms with van der Waals surface area (Å²) in [6.45, 7) is 7.64. The van der Waals surface area contributed by atoms with E-state index >= 15 is 0 Å². The number of aromatic nitrogens is 2. The first-order valence-corrected chi connectivity index (χ1v) is 4.79. The summed E-state index contributed by atoms with van der Waals surface area (Å²) in [7, 11) is 1.78. The lowest BCUT2D eigenvalue weighted by Crippen LogP contribution is -2.26. The van der Waals surface area contributed by atoms with E-state index in [1.165, 1.54) is 0 Å². The fourth-order valence-corrected chi connectivity index (χ4v) is 1.35. The monoisotopic (exact) mass is 210 g/mol. The molecule has 1 aromatic rings. The van der Waals surface area contributed by atoms with Gasteiger partial charge in [0.05, 0.1) is 5.69 Å². The van der Waals surface area contributed by atoms with Crippen LogP contribution in [0.25, 0.3) is 0 Å². The van der Waals surface area contributed by atoms with E-state index < -0.39 is 0 Å². The molecule has 0 aliphatic carbocycles. The van der Waals surface area contributed by atoms with Gasteiger partial charge in [0.2, 0.25) is 5.88 Å². The number of ether oxygens (including phenoxy) is 1. The summed E-state index contributed by atoms with van der Waals surface area (Å²) in [5, 5.41) is 11.7. The fourth-order valence-electron chi connectivity index (χ4n) is 1.35. The van der Waals surface area contributed by atoms with Gasteiger partial charge in [0, 0.05) is 7.05 Å². The highest BCUT2D eigenvalue weighted by Crippen LogP contribution is 2.24. The number of hydrogen-bond donors (Lipinski definition) is 2. The maximum absolute atomic E-state index is 7.48. The molecule has 84 valence electrons. The average molecular weight is 210 g/mol. The number of hydrogen-bond acceptors (Lipinski definition) is 3. The van der Waals surface area contributed by atoms with Crippen molar-refractivity contribution in [2.24, 2.45) is 12.8 Å². The Morgan fingerprint density at radius 2 is 2.00 bits per heavy atom. The van der Waals surface area contributed by atoms with Gasteiger partial charge in [0.25, 0.3) is 0 Å². The molecule has 0 aliphatic heterocycles. The number of rotatable bonds is 2. The summed E-state index contributed by atoms with van der Waals surface area (Å²) in [6.07, 6.45) is 0. The van der Waals surface area contributed by atoms with Crippen molar-refractivity contribution in [1.82, 2.24) is 9.78 Å². The second-order valence-electron chi connectivity index (χ2n) is 4.52. The van der Waals surface area contributed by atoms with E-state index in [1.807, 2.05) is 27.7 Å². The van der Waals surface area contributed by atoms with Crippen LogP contribution in [0.1, 0.15) is 32.0 Å². The summed E-state index contributed by atoms with van der Waals surface area (Å²) < 4.78 is 7.33. The summed E-state index contributed by atoms with van der Waals surface area (Å²) in [5.41, 5.74) is 6.46. The van der Waals surface area contributed by atoms with E-state index in [4.69, 9.17) is 15.9 Å². The van der Waals surface area contributed by atoms with Gasteiger partial charge >= 0.3 is 0 Å². The molecule has 5 heteroatoms.